The Labute approximate surface area is 106 Å². The van der Waals surface area contributed by atoms with Crippen molar-refractivity contribution in [3.63, 3.8) is 0 Å². The molecule has 0 N–H and O–H groups in total. The summed E-state index contributed by atoms with van der Waals surface area (Å²) in [6, 6.07) is 7.88. The van der Waals surface area contributed by atoms with Gasteiger partial charge in [-0.1, -0.05) is 18.2 Å². The van der Waals surface area contributed by atoms with E-state index in [0.29, 0.717) is 5.11 Å². The maximum absolute atomic E-state index is 12.3. The standard InChI is InChI=1S/C13H14N2OS/c1-9-5-2-3-6-10(9)15-12(16)11-7-4-8-14(11)13(15)17/h2-3,5-6,11H,4,7-8H2,1H3/t11-/m1/s1. The van der Waals surface area contributed by atoms with Gasteiger partial charge >= 0.3 is 0 Å². The Morgan fingerprint density at radius 2 is 2.12 bits per heavy atom. The van der Waals surface area contributed by atoms with Crippen LogP contribution in [0.2, 0.25) is 0 Å². The van der Waals surface area contributed by atoms with Crippen LogP contribution in [-0.2, 0) is 4.79 Å². The first kappa shape index (κ1) is 10.7. The van der Waals surface area contributed by atoms with Crippen LogP contribution in [0.1, 0.15) is 18.4 Å². The Hall–Kier alpha value is -1.42. The number of carbonyl (C=O) groups is 1. The van der Waals surface area contributed by atoms with E-state index >= 15 is 0 Å². The average Bonchev–Trinajstić information content (AvgIpc) is 2.87. The highest BCUT2D eigenvalue weighted by Gasteiger charge is 2.45. The van der Waals surface area contributed by atoms with Gasteiger partial charge in [-0.05, 0) is 43.6 Å². The second kappa shape index (κ2) is 3.81. The van der Waals surface area contributed by atoms with E-state index in [1.807, 2.05) is 31.2 Å². The van der Waals surface area contributed by atoms with Crippen molar-refractivity contribution in [2.45, 2.75) is 25.8 Å². The first-order valence-corrected chi connectivity index (χ1v) is 6.31. The van der Waals surface area contributed by atoms with Gasteiger partial charge in [-0.15, -0.1) is 0 Å². The minimum absolute atomic E-state index is 0.0119. The van der Waals surface area contributed by atoms with Crippen LogP contribution in [0.25, 0.3) is 0 Å². The van der Waals surface area contributed by atoms with Gasteiger partial charge in [-0.2, -0.15) is 0 Å². The average molecular weight is 246 g/mol. The fourth-order valence-corrected chi connectivity index (χ4v) is 3.07. The largest absolute Gasteiger partial charge is 0.336 e. The lowest BCUT2D eigenvalue weighted by Crippen LogP contribution is -2.33. The van der Waals surface area contributed by atoms with Gasteiger partial charge in [0.15, 0.2) is 5.11 Å². The summed E-state index contributed by atoms with van der Waals surface area (Å²) in [5.74, 6) is 0.141. The summed E-state index contributed by atoms with van der Waals surface area (Å²) in [5, 5.41) is 0.673. The lowest BCUT2D eigenvalue weighted by atomic mass is 10.1. The molecule has 3 nitrogen and oxygen atoms in total. The molecule has 1 amide bonds. The SMILES string of the molecule is Cc1ccccc1N1C(=O)[C@H]2CCCN2C1=S. The van der Waals surface area contributed by atoms with E-state index in [4.69, 9.17) is 12.2 Å². The van der Waals surface area contributed by atoms with Crippen molar-refractivity contribution >= 4 is 28.9 Å². The third-order valence-corrected chi connectivity index (χ3v) is 3.97. The van der Waals surface area contributed by atoms with Crippen molar-refractivity contribution in [2.24, 2.45) is 0 Å². The molecule has 88 valence electrons. The summed E-state index contributed by atoms with van der Waals surface area (Å²) < 4.78 is 0. The lowest BCUT2D eigenvalue weighted by molar-refractivity contribution is -0.119. The molecule has 0 spiro atoms. The second-order valence-corrected chi connectivity index (χ2v) is 4.96. The molecule has 3 rings (SSSR count). The summed E-state index contributed by atoms with van der Waals surface area (Å²) in [6.45, 7) is 2.92. The van der Waals surface area contributed by atoms with E-state index in [-0.39, 0.29) is 11.9 Å². The highest BCUT2D eigenvalue weighted by atomic mass is 32.1. The molecule has 0 saturated carbocycles. The second-order valence-electron chi connectivity index (χ2n) is 4.59. The Bertz CT molecular complexity index is 478. The fourth-order valence-electron chi connectivity index (χ4n) is 2.66. The van der Waals surface area contributed by atoms with Crippen LogP contribution >= 0.6 is 12.2 Å². The minimum atomic E-state index is -0.0119. The first-order chi connectivity index (χ1) is 8.20. The molecule has 4 heteroatoms. The molecule has 2 aliphatic heterocycles. The van der Waals surface area contributed by atoms with Crippen LogP contribution in [0.3, 0.4) is 0 Å². The number of carbonyl (C=O) groups excluding carboxylic acids is 1. The third kappa shape index (κ3) is 1.47. The number of hydrogen-bond donors (Lipinski definition) is 0. The Morgan fingerprint density at radius 1 is 1.35 bits per heavy atom. The van der Waals surface area contributed by atoms with Gasteiger partial charge in [0.25, 0.3) is 5.91 Å². The van der Waals surface area contributed by atoms with E-state index in [1.54, 1.807) is 4.90 Å². The van der Waals surface area contributed by atoms with Crippen LogP contribution in [0.5, 0.6) is 0 Å². The van der Waals surface area contributed by atoms with Crippen LogP contribution in [0.15, 0.2) is 24.3 Å². The monoisotopic (exact) mass is 246 g/mol. The number of benzene rings is 1. The molecule has 0 unspecified atom stereocenters. The Balaban J connectivity index is 2.03. The number of fused-ring (bicyclic) bond motifs is 1. The molecule has 2 saturated heterocycles. The molecule has 0 bridgehead atoms. The van der Waals surface area contributed by atoms with Crippen molar-refractivity contribution in [1.82, 2.24) is 4.90 Å². The maximum atomic E-state index is 12.3. The number of hydrogen-bond acceptors (Lipinski definition) is 2. The van der Waals surface area contributed by atoms with Crippen molar-refractivity contribution < 1.29 is 4.79 Å². The summed E-state index contributed by atoms with van der Waals surface area (Å²) in [7, 11) is 0. The van der Waals surface area contributed by atoms with Gasteiger partial charge in [0, 0.05) is 6.54 Å². The van der Waals surface area contributed by atoms with E-state index in [0.717, 1.165) is 30.6 Å². The summed E-state index contributed by atoms with van der Waals surface area (Å²) >= 11 is 5.43. The van der Waals surface area contributed by atoms with Crippen molar-refractivity contribution in [3.8, 4) is 0 Å². The molecule has 0 radical (unpaired) electrons. The minimum Gasteiger partial charge on any atom is -0.336 e. The van der Waals surface area contributed by atoms with Crippen LogP contribution in [0, 0.1) is 6.92 Å². The highest BCUT2D eigenvalue weighted by Crippen LogP contribution is 2.32. The molecule has 1 atom stereocenters. The molecule has 0 aliphatic carbocycles. The van der Waals surface area contributed by atoms with E-state index in [9.17, 15) is 4.79 Å². The predicted octanol–water partition coefficient (Wildman–Crippen LogP) is 2.09. The normalized spacial score (nSPS) is 23.5. The number of rotatable bonds is 1. The highest BCUT2D eigenvalue weighted by molar-refractivity contribution is 7.80. The predicted molar refractivity (Wildman–Crippen MR) is 71.0 cm³/mol. The smallest absolute Gasteiger partial charge is 0.256 e. The molecule has 17 heavy (non-hydrogen) atoms. The summed E-state index contributed by atoms with van der Waals surface area (Å²) in [5.41, 5.74) is 2.02. The maximum Gasteiger partial charge on any atom is 0.256 e. The van der Waals surface area contributed by atoms with Gasteiger partial charge < -0.3 is 4.90 Å². The molecule has 2 heterocycles. The van der Waals surface area contributed by atoms with Crippen LogP contribution in [-0.4, -0.2) is 28.5 Å². The van der Waals surface area contributed by atoms with Gasteiger partial charge in [-0.25, -0.2) is 0 Å². The van der Waals surface area contributed by atoms with Gasteiger partial charge in [0.05, 0.1) is 5.69 Å². The summed E-state index contributed by atoms with van der Waals surface area (Å²) in [4.78, 5) is 16.1. The number of anilines is 1. The molecule has 2 aliphatic rings. The summed E-state index contributed by atoms with van der Waals surface area (Å²) in [6.07, 6.45) is 2.00. The number of aryl methyl sites for hydroxylation is 1. The van der Waals surface area contributed by atoms with Gasteiger partial charge in [-0.3, -0.25) is 9.69 Å². The molecule has 1 aromatic carbocycles. The van der Waals surface area contributed by atoms with Gasteiger partial charge in [0.1, 0.15) is 6.04 Å². The molecule has 0 aromatic heterocycles. The molecular formula is C13H14N2OS. The number of thiocarbonyl (C=S) groups is 1. The van der Waals surface area contributed by atoms with Crippen molar-refractivity contribution in [2.75, 3.05) is 11.4 Å². The zero-order chi connectivity index (χ0) is 12.0. The molecular weight excluding hydrogens is 232 g/mol. The van der Waals surface area contributed by atoms with E-state index in [2.05, 4.69) is 4.90 Å². The molecule has 2 fully saturated rings. The van der Waals surface area contributed by atoms with Crippen LogP contribution < -0.4 is 4.90 Å². The number of amides is 1. The fraction of sp³-hybridized carbons (Fsp3) is 0.385. The zero-order valence-electron chi connectivity index (χ0n) is 9.72. The Kier molecular flexibility index (Phi) is 2.40. The third-order valence-electron chi connectivity index (χ3n) is 3.55. The van der Waals surface area contributed by atoms with Crippen molar-refractivity contribution in [1.29, 1.82) is 0 Å². The van der Waals surface area contributed by atoms with E-state index < -0.39 is 0 Å². The van der Waals surface area contributed by atoms with E-state index in [1.165, 1.54) is 0 Å². The lowest BCUT2D eigenvalue weighted by Gasteiger charge is -2.20. The first-order valence-electron chi connectivity index (χ1n) is 5.90. The Morgan fingerprint density at radius 3 is 2.82 bits per heavy atom. The van der Waals surface area contributed by atoms with Gasteiger partial charge in [0.2, 0.25) is 0 Å². The molecule has 1 aromatic rings. The number of para-hydroxylation sites is 1. The zero-order valence-corrected chi connectivity index (χ0v) is 10.5. The topological polar surface area (TPSA) is 23.6 Å². The van der Waals surface area contributed by atoms with Crippen molar-refractivity contribution in [3.05, 3.63) is 29.8 Å². The quantitative estimate of drug-likeness (QED) is 0.709. The van der Waals surface area contributed by atoms with Crippen LogP contribution in [0.4, 0.5) is 5.69 Å². The number of nitrogens with zero attached hydrogens (tertiary/aromatic N) is 2.